The van der Waals surface area contributed by atoms with E-state index in [2.05, 4.69) is 54.3 Å². The first-order valence-corrected chi connectivity index (χ1v) is 9.31. The molecule has 1 saturated heterocycles. The van der Waals surface area contributed by atoms with Gasteiger partial charge in [0, 0.05) is 16.5 Å². The summed E-state index contributed by atoms with van der Waals surface area (Å²) in [5.74, 6) is 0. The third kappa shape index (κ3) is 3.16. The Balaban J connectivity index is 1.61. The van der Waals surface area contributed by atoms with Crippen LogP contribution in [-0.2, 0) is 6.42 Å². The molecule has 3 aromatic rings. The van der Waals surface area contributed by atoms with Crippen LogP contribution in [-0.4, -0.2) is 29.5 Å². The van der Waals surface area contributed by atoms with Gasteiger partial charge >= 0.3 is 0 Å². The molecule has 1 fully saturated rings. The van der Waals surface area contributed by atoms with Crippen LogP contribution in [0.3, 0.4) is 0 Å². The van der Waals surface area contributed by atoms with Crippen molar-refractivity contribution in [2.24, 2.45) is 0 Å². The van der Waals surface area contributed by atoms with Crippen molar-refractivity contribution in [2.45, 2.75) is 39.0 Å². The third-order valence-electron chi connectivity index (χ3n) is 5.29. The Bertz CT molecular complexity index is 847. The van der Waals surface area contributed by atoms with Gasteiger partial charge in [-0.2, -0.15) is 0 Å². The van der Waals surface area contributed by atoms with Crippen molar-refractivity contribution in [3.05, 3.63) is 53.7 Å². The molecule has 2 aromatic carbocycles. The van der Waals surface area contributed by atoms with E-state index < -0.39 is 0 Å². The number of hydrogen-bond acceptors (Lipinski definition) is 2. The van der Waals surface area contributed by atoms with Crippen molar-refractivity contribution in [3.8, 4) is 0 Å². The van der Waals surface area contributed by atoms with Crippen molar-refractivity contribution in [2.75, 3.05) is 19.6 Å². The molecule has 0 spiro atoms. The lowest BCUT2D eigenvalue weighted by Crippen LogP contribution is -2.30. The number of fused-ring (bicyclic) bond motifs is 3. The minimum atomic E-state index is 1.13. The van der Waals surface area contributed by atoms with E-state index in [1.807, 2.05) is 0 Å². The molecule has 0 aliphatic carbocycles. The molecule has 0 atom stereocenters. The first-order valence-electron chi connectivity index (χ1n) is 9.31. The number of aryl methyl sites for hydroxylation is 2. The second-order valence-corrected chi connectivity index (χ2v) is 7.11. The van der Waals surface area contributed by atoms with Crippen LogP contribution in [0.2, 0.25) is 0 Å². The van der Waals surface area contributed by atoms with Gasteiger partial charge in [0.25, 0.3) is 0 Å². The largest absolute Gasteiger partial charge is 0.303 e. The molecule has 0 unspecified atom stereocenters. The predicted molar refractivity (Wildman–Crippen MR) is 103 cm³/mol. The summed E-state index contributed by atoms with van der Waals surface area (Å²) < 4.78 is 0. The first-order chi connectivity index (χ1) is 11.8. The van der Waals surface area contributed by atoms with E-state index in [4.69, 9.17) is 4.98 Å². The average Bonchev–Trinajstić information content (AvgIpc) is 2.62. The SMILES string of the molecule is Cc1cc(CCCN2CCCCC2)c2ccc3ccccc3c2n1. The Kier molecular flexibility index (Phi) is 4.48. The number of hydrogen-bond donors (Lipinski definition) is 0. The number of pyridine rings is 1. The highest BCUT2D eigenvalue weighted by molar-refractivity contribution is 6.06. The van der Waals surface area contributed by atoms with Crippen LogP contribution < -0.4 is 0 Å². The fourth-order valence-electron chi connectivity index (χ4n) is 4.06. The lowest BCUT2D eigenvalue weighted by Gasteiger charge is -2.26. The molecule has 1 aromatic heterocycles. The van der Waals surface area contributed by atoms with Gasteiger partial charge in [-0.15, -0.1) is 0 Å². The highest BCUT2D eigenvalue weighted by Gasteiger charge is 2.11. The van der Waals surface area contributed by atoms with E-state index in [-0.39, 0.29) is 0 Å². The Morgan fingerprint density at radius 1 is 0.958 bits per heavy atom. The maximum Gasteiger partial charge on any atom is 0.0786 e. The van der Waals surface area contributed by atoms with Crippen LogP contribution in [0.4, 0.5) is 0 Å². The molecule has 4 rings (SSSR count). The number of aromatic nitrogens is 1. The Morgan fingerprint density at radius 2 is 1.79 bits per heavy atom. The zero-order valence-electron chi connectivity index (χ0n) is 14.6. The predicted octanol–water partition coefficient (Wildman–Crippen LogP) is 5.11. The Labute approximate surface area is 144 Å². The van der Waals surface area contributed by atoms with E-state index in [0.717, 1.165) is 12.1 Å². The number of nitrogens with zero attached hydrogens (tertiary/aromatic N) is 2. The van der Waals surface area contributed by atoms with Crippen LogP contribution in [0.5, 0.6) is 0 Å². The van der Waals surface area contributed by atoms with Gasteiger partial charge in [-0.25, -0.2) is 0 Å². The van der Waals surface area contributed by atoms with Crippen LogP contribution >= 0.6 is 0 Å². The summed E-state index contributed by atoms with van der Waals surface area (Å²) in [4.78, 5) is 7.49. The average molecular weight is 318 g/mol. The van der Waals surface area contributed by atoms with Crippen LogP contribution in [0, 0.1) is 6.92 Å². The molecule has 0 amide bonds. The smallest absolute Gasteiger partial charge is 0.0786 e. The van der Waals surface area contributed by atoms with Crippen LogP contribution in [0.15, 0.2) is 42.5 Å². The second-order valence-electron chi connectivity index (χ2n) is 7.11. The lowest BCUT2D eigenvalue weighted by atomic mass is 9.99. The number of rotatable bonds is 4. The Hall–Kier alpha value is -1.93. The van der Waals surface area contributed by atoms with Crippen molar-refractivity contribution >= 4 is 21.7 Å². The van der Waals surface area contributed by atoms with Gasteiger partial charge in [-0.05, 0) is 69.3 Å². The van der Waals surface area contributed by atoms with Gasteiger partial charge in [-0.1, -0.05) is 42.8 Å². The van der Waals surface area contributed by atoms with E-state index >= 15 is 0 Å². The molecule has 2 nitrogen and oxygen atoms in total. The number of benzene rings is 2. The van der Waals surface area contributed by atoms with E-state index in [9.17, 15) is 0 Å². The standard InChI is InChI=1S/C22H26N2/c1-17-16-19(9-7-15-24-13-5-2-6-14-24)21-12-11-18-8-3-4-10-20(18)22(21)23-17/h3-4,8,10-12,16H,2,5-7,9,13-15H2,1H3. The van der Waals surface area contributed by atoms with Crippen molar-refractivity contribution in [1.82, 2.24) is 9.88 Å². The third-order valence-corrected chi connectivity index (χ3v) is 5.29. The fourth-order valence-corrected chi connectivity index (χ4v) is 4.06. The van der Waals surface area contributed by atoms with Gasteiger partial charge in [0.1, 0.15) is 0 Å². The van der Waals surface area contributed by atoms with Gasteiger partial charge < -0.3 is 4.90 Å². The highest BCUT2D eigenvalue weighted by atomic mass is 15.1. The van der Waals surface area contributed by atoms with Gasteiger partial charge in [0.05, 0.1) is 5.52 Å². The molecule has 2 heteroatoms. The molecule has 0 saturated carbocycles. The molecular formula is C22H26N2. The van der Waals surface area contributed by atoms with Crippen molar-refractivity contribution < 1.29 is 0 Å². The summed E-state index contributed by atoms with van der Waals surface area (Å²) in [6.07, 6.45) is 6.56. The summed E-state index contributed by atoms with van der Waals surface area (Å²) in [6.45, 7) is 5.94. The fraction of sp³-hybridized carbons (Fsp3) is 0.409. The van der Waals surface area contributed by atoms with Crippen molar-refractivity contribution in [3.63, 3.8) is 0 Å². The van der Waals surface area contributed by atoms with Gasteiger partial charge in [0.2, 0.25) is 0 Å². The Morgan fingerprint density at radius 3 is 2.67 bits per heavy atom. The summed E-state index contributed by atoms with van der Waals surface area (Å²) in [6, 6.07) is 15.4. The highest BCUT2D eigenvalue weighted by Crippen LogP contribution is 2.27. The number of piperidine rings is 1. The summed E-state index contributed by atoms with van der Waals surface area (Å²) in [5, 5.41) is 3.89. The van der Waals surface area contributed by atoms with E-state index in [0.29, 0.717) is 0 Å². The molecule has 0 N–H and O–H groups in total. The molecule has 1 aliphatic rings. The van der Waals surface area contributed by atoms with Gasteiger partial charge in [0.15, 0.2) is 0 Å². The molecule has 0 radical (unpaired) electrons. The minimum Gasteiger partial charge on any atom is -0.303 e. The van der Waals surface area contributed by atoms with E-state index in [1.165, 1.54) is 72.6 Å². The van der Waals surface area contributed by atoms with Gasteiger partial charge in [-0.3, -0.25) is 4.98 Å². The maximum atomic E-state index is 4.85. The normalized spacial score (nSPS) is 16.0. The summed E-state index contributed by atoms with van der Waals surface area (Å²) in [5.41, 5.74) is 3.76. The van der Waals surface area contributed by atoms with Crippen LogP contribution in [0.1, 0.15) is 36.9 Å². The molecule has 0 bridgehead atoms. The minimum absolute atomic E-state index is 1.13. The zero-order valence-corrected chi connectivity index (χ0v) is 14.6. The zero-order chi connectivity index (χ0) is 16.4. The van der Waals surface area contributed by atoms with Crippen molar-refractivity contribution in [1.29, 1.82) is 0 Å². The summed E-state index contributed by atoms with van der Waals surface area (Å²) in [7, 11) is 0. The first kappa shape index (κ1) is 15.6. The quantitative estimate of drug-likeness (QED) is 0.621. The second kappa shape index (κ2) is 6.90. The molecular weight excluding hydrogens is 292 g/mol. The van der Waals surface area contributed by atoms with Crippen LogP contribution in [0.25, 0.3) is 21.7 Å². The topological polar surface area (TPSA) is 16.1 Å². The number of likely N-dealkylation sites (tertiary alicyclic amines) is 1. The molecule has 2 heterocycles. The monoisotopic (exact) mass is 318 g/mol. The molecule has 24 heavy (non-hydrogen) atoms. The maximum absolute atomic E-state index is 4.85. The van der Waals surface area contributed by atoms with E-state index in [1.54, 1.807) is 0 Å². The molecule has 124 valence electrons. The lowest BCUT2D eigenvalue weighted by molar-refractivity contribution is 0.226. The molecule has 1 aliphatic heterocycles. The summed E-state index contributed by atoms with van der Waals surface area (Å²) >= 11 is 0.